The molecule has 1 N–H and O–H groups in total. The maximum atomic E-state index is 13.8. The normalized spacial score (nSPS) is 11.4. The average molecular weight is 483 g/mol. The molecule has 0 aliphatic heterocycles. The van der Waals surface area contributed by atoms with Crippen LogP contribution in [-0.4, -0.2) is 39.4 Å². The van der Waals surface area contributed by atoms with Crippen LogP contribution in [0.5, 0.6) is 11.5 Å². The lowest BCUT2D eigenvalue weighted by atomic mass is 10.1. The Morgan fingerprint density at radius 2 is 1.56 bits per heavy atom. The molecular formula is C26H30N2O5S. The number of anilines is 1. The molecule has 0 heterocycles. The van der Waals surface area contributed by atoms with Crippen LogP contribution >= 0.6 is 0 Å². The summed E-state index contributed by atoms with van der Waals surface area (Å²) in [5, 5.41) is 2.90. The van der Waals surface area contributed by atoms with E-state index in [-0.39, 0.29) is 23.7 Å². The lowest BCUT2D eigenvalue weighted by Crippen LogP contribution is -2.38. The standard InChI is InChI=1S/C26H30N2O5S/c1-18-13-19(2)26(20(3)14-18)27-25(29)17-28(16-21-9-7-6-8-10-21)34(30,31)24-15-22(32-4)11-12-23(24)33-5/h6-15H,16-17H2,1-5H3,(H,27,29). The molecule has 7 nitrogen and oxygen atoms in total. The summed E-state index contributed by atoms with van der Waals surface area (Å²) in [6, 6.07) is 17.6. The minimum atomic E-state index is -4.12. The number of rotatable bonds is 9. The van der Waals surface area contributed by atoms with Crippen molar-refractivity contribution in [2.45, 2.75) is 32.2 Å². The van der Waals surface area contributed by atoms with E-state index >= 15 is 0 Å². The SMILES string of the molecule is COc1ccc(OC)c(S(=O)(=O)N(CC(=O)Nc2c(C)cc(C)cc2C)Cc2ccccc2)c1. The van der Waals surface area contributed by atoms with Gasteiger partial charge in [-0.05, 0) is 49.6 Å². The van der Waals surface area contributed by atoms with Crippen LogP contribution in [0.3, 0.4) is 0 Å². The highest BCUT2D eigenvalue weighted by atomic mass is 32.2. The van der Waals surface area contributed by atoms with Gasteiger partial charge < -0.3 is 14.8 Å². The minimum Gasteiger partial charge on any atom is -0.497 e. The third-order valence-electron chi connectivity index (χ3n) is 5.45. The van der Waals surface area contributed by atoms with Crippen molar-refractivity contribution in [3.05, 3.63) is 82.9 Å². The molecule has 1 amide bonds. The van der Waals surface area contributed by atoms with E-state index in [0.29, 0.717) is 11.4 Å². The molecule has 8 heteroatoms. The van der Waals surface area contributed by atoms with Gasteiger partial charge in [0.25, 0.3) is 0 Å². The first kappa shape index (κ1) is 25.3. The molecule has 0 aromatic heterocycles. The summed E-state index contributed by atoms with van der Waals surface area (Å²) in [6.07, 6.45) is 0. The van der Waals surface area contributed by atoms with Gasteiger partial charge in [0.2, 0.25) is 15.9 Å². The summed E-state index contributed by atoms with van der Waals surface area (Å²) in [6.45, 7) is 5.46. The van der Waals surface area contributed by atoms with Crippen molar-refractivity contribution in [2.24, 2.45) is 0 Å². The number of methoxy groups -OCH3 is 2. The molecule has 0 saturated heterocycles. The van der Waals surface area contributed by atoms with Crippen LogP contribution in [0.2, 0.25) is 0 Å². The van der Waals surface area contributed by atoms with Crippen LogP contribution in [0.25, 0.3) is 0 Å². The Morgan fingerprint density at radius 1 is 0.912 bits per heavy atom. The molecule has 0 unspecified atom stereocenters. The highest BCUT2D eigenvalue weighted by molar-refractivity contribution is 7.89. The van der Waals surface area contributed by atoms with Gasteiger partial charge in [-0.1, -0.05) is 48.0 Å². The van der Waals surface area contributed by atoms with Gasteiger partial charge in [0, 0.05) is 18.3 Å². The third-order valence-corrected chi connectivity index (χ3v) is 7.26. The zero-order valence-corrected chi connectivity index (χ0v) is 20.9. The number of aryl methyl sites for hydroxylation is 3. The number of benzene rings is 3. The van der Waals surface area contributed by atoms with Crippen molar-refractivity contribution in [1.29, 1.82) is 0 Å². The van der Waals surface area contributed by atoms with E-state index in [4.69, 9.17) is 9.47 Å². The molecule has 3 rings (SSSR count). The molecule has 0 bridgehead atoms. The zero-order valence-electron chi connectivity index (χ0n) is 20.1. The summed E-state index contributed by atoms with van der Waals surface area (Å²) in [4.78, 5) is 13.0. The lowest BCUT2D eigenvalue weighted by Gasteiger charge is -2.24. The highest BCUT2D eigenvalue weighted by Crippen LogP contribution is 2.31. The summed E-state index contributed by atoms with van der Waals surface area (Å²) < 4.78 is 39.2. The Kier molecular flexibility index (Phi) is 7.96. The Hall–Kier alpha value is -3.36. The van der Waals surface area contributed by atoms with Crippen molar-refractivity contribution < 1.29 is 22.7 Å². The van der Waals surface area contributed by atoms with Gasteiger partial charge in [0.05, 0.1) is 20.8 Å². The number of amides is 1. The van der Waals surface area contributed by atoms with Crippen molar-refractivity contribution in [1.82, 2.24) is 4.31 Å². The molecule has 0 saturated carbocycles. The predicted molar refractivity (Wildman–Crippen MR) is 133 cm³/mol. The van der Waals surface area contributed by atoms with E-state index in [1.54, 1.807) is 6.07 Å². The largest absolute Gasteiger partial charge is 0.497 e. The molecule has 180 valence electrons. The third kappa shape index (κ3) is 5.76. The number of hydrogen-bond acceptors (Lipinski definition) is 5. The van der Waals surface area contributed by atoms with Gasteiger partial charge in [0.1, 0.15) is 16.4 Å². The van der Waals surface area contributed by atoms with Gasteiger partial charge in [-0.3, -0.25) is 4.79 Å². The van der Waals surface area contributed by atoms with Crippen molar-refractivity contribution >= 4 is 21.6 Å². The van der Waals surface area contributed by atoms with Crippen LogP contribution in [0.4, 0.5) is 5.69 Å². The first-order valence-electron chi connectivity index (χ1n) is 10.8. The molecule has 0 spiro atoms. The van der Waals surface area contributed by atoms with Crippen LogP contribution in [0.1, 0.15) is 22.3 Å². The lowest BCUT2D eigenvalue weighted by molar-refractivity contribution is -0.116. The molecule has 34 heavy (non-hydrogen) atoms. The fourth-order valence-electron chi connectivity index (χ4n) is 3.85. The summed E-state index contributed by atoms with van der Waals surface area (Å²) in [5.41, 5.74) is 4.36. The smallest absolute Gasteiger partial charge is 0.247 e. The Bertz CT molecular complexity index is 1250. The number of carbonyl (C=O) groups excluding carboxylic acids is 1. The maximum Gasteiger partial charge on any atom is 0.247 e. The second kappa shape index (κ2) is 10.7. The van der Waals surface area contributed by atoms with Gasteiger partial charge in [-0.25, -0.2) is 8.42 Å². The summed E-state index contributed by atoms with van der Waals surface area (Å²) in [7, 11) is -1.26. The number of nitrogens with zero attached hydrogens (tertiary/aromatic N) is 1. The summed E-state index contributed by atoms with van der Waals surface area (Å²) in [5.74, 6) is 0.107. The van der Waals surface area contributed by atoms with E-state index < -0.39 is 15.9 Å². The van der Waals surface area contributed by atoms with Gasteiger partial charge in [-0.15, -0.1) is 0 Å². The van der Waals surface area contributed by atoms with Crippen LogP contribution in [-0.2, 0) is 21.4 Å². The molecule has 0 radical (unpaired) electrons. The number of ether oxygens (including phenoxy) is 2. The second-order valence-electron chi connectivity index (χ2n) is 8.10. The van der Waals surface area contributed by atoms with Crippen LogP contribution < -0.4 is 14.8 Å². The quantitative estimate of drug-likeness (QED) is 0.487. The Balaban J connectivity index is 1.98. The maximum absolute atomic E-state index is 13.8. The van der Waals surface area contributed by atoms with Crippen LogP contribution in [0.15, 0.2) is 65.6 Å². The summed E-state index contributed by atoms with van der Waals surface area (Å²) >= 11 is 0. The number of nitrogens with one attached hydrogen (secondary N) is 1. The molecule has 3 aromatic rings. The number of sulfonamides is 1. The molecule has 0 fully saturated rings. The molecule has 0 aliphatic rings. The van der Waals surface area contributed by atoms with Crippen LogP contribution in [0, 0.1) is 20.8 Å². The monoisotopic (exact) mass is 482 g/mol. The molecule has 0 aliphatic carbocycles. The van der Waals surface area contributed by atoms with E-state index in [1.165, 1.54) is 26.4 Å². The van der Waals surface area contributed by atoms with Gasteiger partial charge >= 0.3 is 0 Å². The fraction of sp³-hybridized carbons (Fsp3) is 0.269. The average Bonchev–Trinajstić information content (AvgIpc) is 2.81. The first-order chi connectivity index (χ1) is 16.1. The van der Waals surface area contributed by atoms with Gasteiger partial charge in [0.15, 0.2) is 0 Å². The first-order valence-corrected chi connectivity index (χ1v) is 12.2. The van der Waals surface area contributed by atoms with E-state index in [1.807, 2.05) is 63.2 Å². The Labute approximate surface area is 201 Å². The van der Waals surface area contributed by atoms with Crippen molar-refractivity contribution in [3.8, 4) is 11.5 Å². The minimum absolute atomic E-state index is 0.0167. The molecular weight excluding hydrogens is 452 g/mol. The second-order valence-corrected chi connectivity index (χ2v) is 10.0. The van der Waals surface area contributed by atoms with Crippen molar-refractivity contribution in [3.63, 3.8) is 0 Å². The number of hydrogen-bond donors (Lipinski definition) is 1. The van der Waals surface area contributed by atoms with E-state index in [9.17, 15) is 13.2 Å². The van der Waals surface area contributed by atoms with E-state index in [0.717, 1.165) is 26.6 Å². The Morgan fingerprint density at radius 3 is 2.15 bits per heavy atom. The highest BCUT2D eigenvalue weighted by Gasteiger charge is 2.30. The number of carbonyl (C=O) groups is 1. The molecule has 3 aromatic carbocycles. The fourth-order valence-corrected chi connectivity index (χ4v) is 5.41. The predicted octanol–water partition coefficient (Wildman–Crippen LogP) is 4.46. The van der Waals surface area contributed by atoms with Crippen molar-refractivity contribution in [2.75, 3.05) is 26.1 Å². The topological polar surface area (TPSA) is 84.9 Å². The van der Waals surface area contributed by atoms with E-state index in [2.05, 4.69) is 5.32 Å². The van der Waals surface area contributed by atoms with Gasteiger partial charge in [-0.2, -0.15) is 4.31 Å². The zero-order chi connectivity index (χ0) is 24.9. The molecule has 0 atom stereocenters.